The Bertz CT molecular complexity index is 361. The Balaban J connectivity index is 2.82. The molecule has 0 radical (unpaired) electrons. The van der Waals surface area contributed by atoms with Crippen molar-refractivity contribution in [3.8, 4) is 0 Å². The summed E-state index contributed by atoms with van der Waals surface area (Å²) in [5.74, 6) is -0.410. The van der Waals surface area contributed by atoms with E-state index in [-0.39, 0.29) is 11.5 Å². The molecule has 8 nitrogen and oxygen atoms in total. The SMILES string of the molecule is COC(=O)c1[nH]cnc1/N=N/N(C)OC. The second-order valence-corrected chi connectivity index (χ2v) is 2.43. The van der Waals surface area contributed by atoms with Crippen LogP contribution in [0.15, 0.2) is 16.7 Å². The second kappa shape index (κ2) is 5.05. The molecule has 0 atom stereocenters. The molecule has 0 aliphatic heterocycles. The van der Waals surface area contributed by atoms with Gasteiger partial charge in [0, 0.05) is 0 Å². The van der Waals surface area contributed by atoms with E-state index in [1.54, 1.807) is 7.05 Å². The van der Waals surface area contributed by atoms with Crippen molar-refractivity contribution in [1.82, 2.24) is 15.1 Å². The van der Waals surface area contributed by atoms with Gasteiger partial charge in [0.15, 0.2) is 5.69 Å². The van der Waals surface area contributed by atoms with E-state index < -0.39 is 5.97 Å². The first kappa shape index (κ1) is 11.1. The Hall–Kier alpha value is -1.96. The number of methoxy groups -OCH3 is 1. The lowest BCUT2D eigenvalue weighted by Crippen LogP contribution is -2.07. The zero-order chi connectivity index (χ0) is 11.3. The number of carbonyl (C=O) groups is 1. The third-order valence-electron chi connectivity index (χ3n) is 1.54. The minimum absolute atomic E-state index is 0.144. The van der Waals surface area contributed by atoms with Gasteiger partial charge in [-0.25, -0.2) is 9.78 Å². The molecule has 1 rings (SSSR count). The zero-order valence-corrected chi connectivity index (χ0v) is 8.59. The maximum Gasteiger partial charge on any atom is 0.358 e. The number of hydrogen-bond acceptors (Lipinski definition) is 6. The highest BCUT2D eigenvalue weighted by atomic mass is 16.7. The molecule has 1 N–H and O–H groups in total. The Kier molecular flexibility index (Phi) is 3.75. The summed E-state index contributed by atoms with van der Waals surface area (Å²) in [6, 6.07) is 0. The van der Waals surface area contributed by atoms with Crippen LogP contribution in [-0.4, -0.2) is 42.4 Å². The number of nitrogens with one attached hydrogen (secondary N) is 1. The molecule has 8 heteroatoms. The number of nitrogens with zero attached hydrogens (tertiary/aromatic N) is 4. The molecule has 15 heavy (non-hydrogen) atoms. The molecule has 0 unspecified atom stereocenters. The lowest BCUT2D eigenvalue weighted by molar-refractivity contribution is -0.114. The van der Waals surface area contributed by atoms with Gasteiger partial charge in [0.1, 0.15) is 0 Å². The van der Waals surface area contributed by atoms with Crippen molar-refractivity contribution in [2.45, 2.75) is 0 Å². The van der Waals surface area contributed by atoms with Crippen LogP contribution in [0.5, 0.6) is 0 Å². The summed E-state index contributed by atoms with van der Waals surface area (Å²) in [6.07, 6.45) is 1.33. The number of aromatic nitrogens is 2. The average molecular weight is 213 g/mol. The van der Waals surface area contributed by atoms with Crippen LogP contribution in [0.2, 0.25) is 0 Å². The second-order valence-electron chi connectivity index (χ2n) is 2.43. The average Bonchev–Trinajstić information content (AvgIpc) is 2.72. The van der Waals surface area contributed by atoms with Crippen LogP contribution in [0, 0.1) is 0 Å². The van der Waals surface area contributed by atoms with Crippen LogP contribution in [0.4, 0.5) is 5.82 Å². The number of aromatic amines is 1. The van der Waals surface area contributed by atoms with Crippen LogP contribution < -0.4 is 0 Å². The first-order valence-corrected chi connectivity index (χ1v) is 4.00. The van der Waals surface area contributed by atoms with Gasteiger partial charge in [-0.1, -0.05) is 0 Å². The number of hydrogen-bond donors (Lipinski definition) is 1. The van der Waals surface area contributed by atoms with Crippen LogP contribution in [0.3, 0.4) is 0 Å². The van der Waals surface area contributed by atoms with E-state index in [1.165, 1.54) is 20.5 Å². The van der Waals surface area contributed by atoms with Gasteiger partial charge >= 0.3 is 5.97 Å². The van der Waals surface area contributed by atoms with E-state index in [2.05, 4.69) is 25.0 Å². The first-order valence-electron chi connectivity index (χ1n) is 4.00. The van der Waals surface area contributed by atoms with Gasteiger partial charge in [0.2, 0.25) is 5.82 Å². The molecule has 0 saturated carbocycles. The lowest BCUT2D eigenvalue weighted by atomic mass is 10.4. The number of carbonyl (C=O) groups excluding carboxylic acids is 1. The van der Waals surface area contributed by atoms with E-state index in [0.29, 0.717) is 0 Å². The Labute approximate surface area is 85.8 Å². The summed E-state index contributed by atoms with van der Waals surface area (Å²) >= 11 is 0. The van der Waals surface area contributed by atoms with E-state index >= 15 is 0 Å². The van der Waals surface area contributed by atoms with Gasteiger partial charge < -0.3 is 9.72 Å². The fourth-order valence-electron chi connectivity index (χ4n) is 0.757. The minimum atomic E-state index is -0.554. The summed E-state index contributed by atoms with van der Waals surface area (Å²) in [5, 5.41) is 8.42. The maximum absolute atomic E-state index is 11.2. The van der Waals surface area contributed by atoms with Gasteiger partial charge in [-0.3, -0.25) is 4.84 Å². The Morgan fingerprint density at radius 2 is 2.33 bits per heavy atom. The van der Waals surface area contributed by atoms with Crippen LogP contribution >= 0.6 is 0 Å². The van der Waals surface area contributed by atoms with Crippen LogP contribution in [-0.2, 0) is 9.57 Å². The summed E-state index contributed by atoms with van der Waals surface area (Å²) in [6.45, 7) is 0. The maximum atomic E-state index is 11.2. The predicted molar refractivity (Wildman–Crippen MR) is 49.2 cm³/mol. The standard InChI is InChI=1S/C7H11N5O3/c1-12(15-3)11-10-6-5(7(13)14-2)8-4-9-6/h4H,1-3H3,(H,8,9)/b11-10+. The van der Waals surface area contributed by atoms with Crippen molar-refractivity contribution < 1.29 is 14.4 Å². The zero-order valence-electron chi connectivity index (χ0n) is 8.59. The predicted octanol–water partition coefficient (Wildman–Crippen LogP) is 0.688. The molecule has 1 heterocycles. The van der Waals surface area contributed by atoms with Crippen LogP contribution in [0.25, 0.3) is 0 Å². The van der Waals surface area contributed by atoms with Crippen molar-refractivity contribution in [3.63, 3.8) is 0 Å². The summed E-state index contributed by atoms with van der Waals surface area (Å²) in [7, 11) is 4.25. The number of ether oxygens (including phenoxy) is 1. The van der Waals surface area contributed by atoms with Crippen molar-refractivity contribution in [3.05, 3.63) is 12.0 Å². The monoisotopic (exact) mass is 213 g/mol. The fourth-order valence-corrected chi connectivity index (χ4v) is 0.757. The van der Waals surface area contributed by atoms with Crippen molar-refractivity contribution in [2.24, 2.45) is 10.3 Å². The van der Waals surface area contributed by atoms with Crippen molar-refractivity contribution >= 4 is 11.8 Å². The van der Waals surface area contributed by atoms with Gasteiger partial charge in [-0.2, -0.15) is 5.17 Å². The highest BCUT2D eigenvalue weighted by Crippen LogP contribution is 2.14. The number of rotatable bonds is 4. The Morgan fingerprint density at radius 1 is 1.60 bits per heavy atom. The fraction of sp³-hybridized carbons (Fsp3) is 0.429. The number of imidazole rings is 1. The highest BCUT2D eigenvalue weighted by molar-refractivity contribution is 5.91. The normalized spacial score (nSPS) is 10.6. The molecule has 0 spiro atoms. The van der Waals surface area contributed by atoms with Gasteiger partial charge in [0.25, 0.3) is 0 Å². The number of esters is 1. The summed E-state index contributed by atoms with van der Waals surface area (Å²) < 4.78 is 4.51. The van der Waals surface area contributed by atoms with E-state index in [1.807, 2.05) is 0 Å². The van der Waals surface area contributed by atoms with E-state index in [0.717, 1.165) is 5.17 Å². The topological polar surface area (TPSA) is 92.2 Å². The third-order valence-corrected chi connectivity index (χ3v) is 1.54. The molecular weight excluding hydrogens is 202 g/mol. The highest BCUT2D eigenvalue weighted by Gasteiger charge is 2.14. The van der Waals surface area contributed by atoms with Gasteiger partial charge in [-0.05, 0) is 5.22 Å². The van der Waals surface area contributed by atoms with E-state index in [4.69, 9.17) is 4.84 Å². The molecule has 0 aromatic carbocycles. The lowest BCUT2D eigenvalue weighted by Gasteiger charge is -2.04. The number of hydroxylamine groups is 1. The van der Waals surface area contributed by atoms with Crippen LogP contribution in [0.1, 0.15) is 10.5 Å². The third kappa shape index (κ3) is 2.74. The van der Waals surface area contributed by atoms with E-state index in [9.17, 15) is 4.79 Å². The summed E-state index contributed by atoms with van der Waals surface area (Å²) in [5.41, 5.74) is 0.144. The molecule has 1 aromatic heterocycles. The minimum Gasteiger partial charge on any atom is -0.464 e. The molecule has 0 saturated heterocycles. The molecule has 0 bridgehead atoms. The smallest absolute Gasteiger partial charge is 0.358 e. The summed E-state index contributed by atoms with van der Waals surface area (Å²) in [4.78, 5) is 22.3. The first-order chi connectivity index (χ1) is 7.19. The molecular formula is C7H11N5O3. The quantitative estimate of drug-likeness (QED) is 0.451. The van der Waals surface area contributed by atoms with Crippen molar-refractivity contribution in [2.75, 3.05) is 21.3 Å². The largest absolute Gasteiger partial charge is 0.464 e. The molecule has 1 aromatic rings. The van der Waals surface area contributed by atoms with Gasteiger partial charge in [-0.15, -0.1) is 5.11 Å². The molecule has 0 aliphatic rings. The molecule has 0 fully saturated rings. The Morgan fingerprint density at radius 3 is 2.93 bits per heavy atom. The molecule has 0 amide bonds. The number of H-pyrrole nitrogens is 1. The van der Waals surface area contributed by atoms with Gasteiger partial charge in [0.05, 0.1) is 27.6 Å². The molecule has 82 valence electrons. The molecule has 0 aliphatic carbocycles. The van der Waals surface area contributed by atoms with Crippen molar-refractivity contribution in [1.29, 1.82) is 0 Å².